The van der Waals surface area contributed by atoms with E-state index < -0.39 is 0 Å². The second-order valence-electron chi connectivity index (χ2n) is 6.28. The summed E-state index contributed by atoms with van der Waals surface area (Å²) in [5.41, 5.74) is 0. The summed E-state index contributed by atoms with van der Waals surface area (Å²) < 4.78 is 0. The van der Waals surface area contributed by atoms with Crippen molar-refractivity contribution in [1.29, 1.82) is 0 Å². The molecule has 114 valence electrons. The number of aromatic nitrogens is 2. The van der Waals surface area contributed by atoms with E-state index in [2.05, 4.69) is 46.6 Å². The van der Waals surface area contributed by atoms with Crippen molar-refractivity contribution in [1.82, 2.24) is 14.9 Å². The SMILES string of the molecule is Cc1cc2c(N3CCN(CCC(C)C)CC3)ncnc2s1. The van der Waals surface area contributed by atoms with E-state index in [9.17, 15) is 0 Å². The van der Waals surface area contributed by atoms with E-state index in [1.165, 1.54) is 23.2 Å². The van der Waals surface area contributed by atoms with E-state index in [1.54, 1.807) is 17.7 Å². The van der Waals surface area contributed by atoms with Crippen molar-refractivity contribution in [3.63, 3.8) is 0 Å². The van der Waals surface area contributed by atoms with Crippen LogP contribution < -0.4 is 4.90 Å². The molecular formula is C16H24N4S. The van der Waals surface area contributed by atoms with Gasteiger partial charge < -0.3 is 4.90 Å². The lowest BCUT2D eigenvalue weighted by atomic mass is 10.1. The number of rotatable bonds is 4. The fourth-order valence-electron chi connectivity index (χ4n) is 2.84. The Labute approximate surface area is 130 Å². The van der Waals surface area contributed by atoms with Crippen LogP contribution in [0.15, 0.2) is 12.4 Å². The lowest BCUT2D eigenvalue weighted by molar-refractivity contribution is 0.243. The minimum Gasteiger partial charge on any atom is -0.353 e. The quantitative estimate of drug-likeness (QED) is 0.868. The van der Waals surface area contributed by atoms with Gasteiger partial charge in [-0.15, -0.1) is 11.3 Å². The topological polar surface area (TPSA) is 32.3 Å². The van der Waals surface area contributed by atoms with Crippen LogP contribution in [0.1, 0.15) is 25.1 Å². The van der Waals surface area contributed by atoms with Crippen molar-refractivity contribution >= 4 is 27.4 Å². The second kappa shape index (κ2) is 6.28. The molecule has 0 saturated carbocycles. The van der Waals surface area contributed by atoms with E-state index in [1.807, 2.05) is 0 Å². The molecule has 2 aromatic heterocycles. The smallest absolute Gasteiger partial charge is 0.140 e. The monoisotopic (exact) mass is 304 g/mol. The Morgan fingerprint density at radius 3 is 2.67 bits per heavy atom. The van der Waals surface area contributed by atoms with Gasteiger partial charge in [-0.2, -0.15) is 0 Å². The molecule has 1 aliphatic rings. The normalized spacial score (nSPS) is 17.0. The summed E-state index contributed by atoms with van der Waals surface area (Å²) in [4.78, 5) is 16.4. The van der Waals surface area contributed by atoms with Gasteiger partial charge in [-0.1, -0.05) is 13.8 Å². The van der Waals surface area contributed by atoms with Gasteiger partial charge in [0.05, 0.1) is 5.39 Å². The average molecular weight is 304 g/mol. The van der Waals surface area contributed by atoms with Gasteiger partial charge in [0.15, 0.2) is 0 Å². The van der Waals surface area contributed by atoms with E-state index >= 15 is 0 Å². The number of anilines is 1. The third kappa shape index (κ3) is 3.35. The highest BCUT2D eigenvalue weighted by molar-refractivity contribution is 7.18. The maximum atomic E-state index is 4.55. The molecule has 0 spiro atoms. The molecule has 1 fully saturated rings. The molecule has 3 heterocycles. The molecule has 0 atom stereocenters. The lowest BCUT2D eigenvalue weighted by Crippen LogP contribution is -2.47. The van der Waals surface area contributed by atoms with Gasteiger partial charge in [-0.05, 0) is 31.9 Å². The summed E-state index contributed by atoms with van der Waals surface area (Å²) in [6.07, 6.45) is 3.00. The Bertz CT molecular complexity index is 599. The zero-order valence-electron chi connectivity index (χ0n) is 13.2. The first kappa shape index (κ1) is 14.7. The van der Waals surface area contributed by atoms with Gasteiger partial charge in [0, 0.05) is 31.1 Å². The minimum atomic E-state index is 0.790. The molecule has 1 aliphatic heterocycles. The molecule has 0 radical (unpaired) electrons. The van der Waals surface area contributed by atoms with Crippen LogP contribution in [0.3, 0.4) is 0 Å². The highest BCUT2D eigenvalue weighted by Crippen LogP contribution is 2.30. The molecule has 0 unspecified atom stereocenters. The molecule has 2 aromatic rings. The Morgan fingerprint density at radius 2 is 1.95 bits per heavy atom. The number of fused-ring (bicyclic) bond motifs is 1. The summed E-state index contributed by atoms with van der Waals surface area (Å²) in [6, 6.07) is 2.22. The van der Waals surface area contributed by atoms with Crippen molar-refractivity contribution in [2.24, 2.45) is 5.92 Å². The van der Waals surface area contributed by atoms with Crippen molar-refractivity contribution in [3.8, 4) is 0 Å². The van der Waals surface area contributed by atoms with Crippen LogP contribution in [-0.4, -0.2) is 47.6 Å². The third-order valence-electron chi connectivity index (χ3n) is 4.13. The summed E-state index contributed by atoms with van der Waals surface area (Å²) >= 11 is 1.75. The Kier molecular flexibility index (Phi) is 4.40. The fourth-order valence-corrected chi connectivity index (χ4v) is 3.68. The van der Waals surface area contributed by atoms with Gasteiger partial charge in [-0.25, -0.2) is 9.97 Å². The maximum Gasteiger partial charge on any atom is 0.140 e. The van der Waals surface area contributed by atoms with Crippen molar-refractivity contribution in [3.05, 3.63) is 17.3 Å². The van der Waals surface area contributed by atoms with Gasteiger partial charge in [-0.3, -0.25) is 4.90 Å². The molecule has 5 heteroatoms. The van der Waals surface area contributed by atoms with Gasteiger partial charge in [0.1, 0.15) is 17.0 Å². The summed E-state index contributed by atoms with van der Waals surface area (Å²) in [6.45, 7) is 12.4. The standard InChI is InChI=1S/C16H24N4S/c1-12(2)4-5-19-6-8-20(9-7-19)15-14-10-13(3)21-16(14)18-11-17-15/h10-12H,4-9H2,1-3H3. The first-order valence-corrected chi connectivity index (χ1v) is 8.63. The molecular weight excluding hydrogens is 280 g/mol. The second-order valence-corrected chi connectivity index (χ2v) is 7.52. The van der Waals surface area contributed by atoms with E-state index in [-0.39, 0.29) is 0 Å². The molecule has 0 aliphatic carbocycles. The fraction of sp³-hybridized carbons (Fsp3) is 0.625. The van der Waals surface area contributed by atoms with Crippen LogP contribution in [0.5, 0.6) is 0 Å². The molecule has 0 aromatic carbocycles. The van der Waals surface area contributed by atoms with Gasteiger partial charge >= 0.3 is 0 Å². The highest BCUT2D eigenvalue weighted by atomic mass is 32.1. The van der Waals surface area contributed by atoms with Crippen molar-refractivity contribution in [2.45, 2.75) is 27.2 Å². The van der Waals surface area contributed by atoms with E-state index in [0.29, 0.717) is 0 Å². The zero-order valence-corrected chi connectivity index (χ0v) is 14.0. The predicted octanol–water partition coefficient (Wildman–Crippen LogP) is 3.17. The average Bonchev–Trinajstić information content (AvgIpc) is 2.85. The van der Waals surface area contributed by atoms with Crippen LogP contribution in [0.25, 0.3) is 10.2 Å². The van der Waals surface area contributed by atoms with Crippen LogP contribution in [0, 0.1) is 12.8 Å². The predicted molar refractivity (Wildman–Crippen MR) is 90.3 cm³/mol. The van der Waals surface area contributed by atoms with Crippen LogP contribution >= 0.6 is 11.3 Å². The van der Waals surface area contributed by atoms with E-state index in [0.717, 1.165) is 42.7 Å². The first-order valence-electron chi connectivity index (χ1n) is 7.82. The lowest BCUT2D eigenvalue weighted by Gasteiger charge is -2.35. The third-order valence-corrected chi connectivity index (χ3v) is 5.08. The Morgan fingerprint density at radius 1 is 1.19 bits per heavy atom. The van der Waals surface area contributed by atoms with Crippen molar-refractivity contribution in [2.75, 3.05) is 37.6 Å². The first-order chi connectivity index (χ1) is 10.1. The molecule has 21 heavy (non-hydrogen) atoms. The zero-order chi connectivity index (χ0) is 14.8. The molecule has 4 nitrogen and oxygen atoms in total. The van der Waals surface area contributed by atoms with Crippen LogP contribution in [-0.2, 0) is 0 Å². The number of hydrogen-bond acceptors (Lipinski definition) is 5. The number of hydrogen-bond donors (Lipinski definition) is 0. The number of aryl methyl sites for hydroxylation is 1. The molecule has 1 saturated heterocycles. The van der Waals surface area contributed by atoms with Crippen molar-refractivity contribution < 1.29 is 0 Å². The summed E-state index contributed by atoms with van der Waals surface area (Å²) in [5.74, 6) is 1.91. The van der Waals surface area contributed by atoms with Crippen LogP contribution in [0.4, 0.5) is 5.82 Å². The summed E-state index contributed by atoms with van der Waals surface area (Å²) in [7, 11) is 0. The van der Waals surface area contributed by atoms with E-state index in [4.69, 9.17) is 0 Å². The Balaban J connectivity index is 1.68. The minimum absolute atomic E-state index is 0.790. The summed E-state index contributed by atoms with van der Waals surface area (Å²) in [5, 5.41) is 1.22. The Hall–Kier alpha value is -1.20. The number of thiophene rings is 1. The maximum absolute atomic E-state index is 4.55. The molecule has 3 rings (SSSR count). The van der Waals surface area contributed by atoms with Gasteiger partial charge in [0.25, 0.3) is 0 Å². The van der Waals surface area contributed by atoms with Gasteiger partial charge in [0.2, 0.25) is 0 Å². The molecule has 0 N–H and O–H groups in total. The number of piperazine rings is 1. The van der Waals surface area contributed by atoms with Crippen LogP contribution in [0.2, 0.25) is 0 Å². The number of nitrogens with zero attached hydrogens (tertiary/aromatic N) is 4. The largest absolute Gasteiger partial charge is 0.353 e. The highest BCUT2D eigenvalue weighted by Gasteiger charge is 2.20. The molecule has 0 amide bonds. The molecule has 0 bridgehead atoms.